The summed E-state index contributed by atoms with van der Waals surface area (Å²) in [5.74, 6) is -0.205. The van der Waals surface area contributed by atoms with Crippen molar-refractivity contribution < 1.29 is 32.9 Å². The molecule has 380 valence electrons. The molecule has 8 nitrogen and oxygen atoms in total. The molecule has 0 saturated carbocycles. The first-order valence-electron chi connectivity index (χ1n) is 26.6. The lowest BCUT2D eigenvalue weighted by Crippen LogP contribution is -2.45. The number of aliphatic hydroxyl groups excluding tert-OH is 1. The topological polar surface area (TPSA) is 105 Å². The van der Waals surface area contributed by atoms with Crippen LogP contribution < -0.4 is 5.32 Å². The molecule has 0 heterocycles. The highest BCUT2D eigenvalue weighted by Crippen LogP contribution is 2.43. The lowest BCUT2D eigenvalue weighted by molar-refractivity contribution is -0.870. The molecule has 66 heavy (non-hydrogen) atoms. The summed E-state index contributed by atoms with van der Waals surface area (Å²) in [6.45, 7) is 4.66. The minimum Gasteiger partial charge on any atom is -0.387 e. The van der Waals surface area contributed by atoms with Crippen LogP contribution in [0.1, 0.15) is 206 Å². The van der Waals surface area contributed by atoms with Crippen molar-refractivity contribution in [1.82, 2.24) is 5.32 Å². The van der Waals surface area contributed by atoms with Crippen LogP contribution in [0, 0.1) is 0 Å². The normalized spacial score (nSPS) is 14.8. The first-order chi connectivity index (χ1) is 32.0. The number of likely N-dealkylation sites (N-methyl/N-ethyl adjacent to an activating group) is 1. The maximum atomic E-state index is 12.9. The Bertz CT molecular complexity index is 1390. The van der Waals surface area contributed by atoms with Gasteiger partial charge in [0.05, 0.1) is 39.9 Å². The fraction of sp³-hybridized carbons (Fsp3) is 0.702. The molecule has 0 bridgehead atoms. The van der Waals surface area contributed by atoms with Gasteiger partial charge in [0, 0.05) is 6.42 Å². The van der Waals surface area contributed by atoms with E-state index in [0.29, 0.717) is 17.4 Å². The van der Waals surface area contributed by atoms with Gasteiger partial charge in [-0.2, -0.15) is 0 Å². The van der Waals surface area contributed by atoms with Gasteiger partial charge in [0.25, 0.3) is 0 Å². The van der Waals surface area contributed by atoms with Crippen LogP contribution in [-0.2, 0) is 18.4 Å². The summed E-state index contributed by atoms with van der Waals surface area (Å²) in [6, 6.07) is -0.878. The van der Waals surface area contributed by atoms with Crippen LogP contribution in [0.25, 0.3) is 0 Å². The summed E-state index contributed by atoms with van der Waals surface area (Å²) < 4.78 is 23.6. The van der Waals surface area contributed by atoms with E-state index in [-0.39, 0.29) is 19.1 Å². The maximum absolute atomic E-state index is 12.9. The molecule has 0 spiro atoms. The van der Waals surface area contributed by atoms with Crippen molar-refractivity contribution in [1.29, 1.82) is 0 Å². The van der Waals surface area contributed by atoms with E-state index in [1.54, 1.807) is 6.08 Å². The molecule has 0 aliphatic heterocycles. The minimum atomic E-state index is -4.36. The molecule has 0 aromatic rings. The molecule has 0 aromatic carbocycles. The number of aliphatic hydroxyl groups is 1. The Morgan fingerprint density at radius 2 is 0.924 bits per heavy atom. The van der Waals surface area contributed by atoms with E-state index in [1.807, 2.05) is 27.2 Å². The molecule has 3 atom stereocenters. The summed E-state index contributed by atoms with van der Waals surface area (Å²) in [5, 5.41) is 13.9. The number of amides is 1. The molecule has 1 amide bonds. The number of carbonyl (C=O) groups is 1. The predicted octanol–water partition coefficient (Wildman–Crippen LogP) is 15.9. The molecular weight excluding hydrogens is 840 g/mol. The van der Waals surface area contributed by atoms with Gasteiger partial charge in [-0.05, 0) is 83.5 Å². The summed E-state index contributed by atoms with van der Waals surface area (Å²) in [6.07, 6.45) is 67.8. The van der Waals surface area contributed by atoms with Crippen LogP contribution >= 0.6 is 7.82 Å². The van der Waals surface area contributed by atoms with E-state index < -0.39 is 20.0 Å². The molecule has 0 radical (unpaired) electrons. The second-order valence-electron chi connectivity index (χ2n) is 18.9. The van der Waals surface area contributed by atoms with Crippen molar-refractivity contribution in [3.8, 4) is 0 Å². The van der Waals surface area contributed by atoms with Crippen molar-refractivity contribution in [2.24, 2.45) is 0 Å². The molecule has 0 aliphatic rings. The zero-order valence-corrected chi connectivity index (χ0v) is 44.0. The highest BCUT2D eigenvalue weighted by Gasteiger charge is 2.27. The summed E-state index contributed by atoms with van der Waals surface area (Å²) in [4.78, 5) is 23.2. The summed E-state index contributed by atoms with van der Waals surface area (Å²) >= 11 is 0. The molecule has 3 unspecified atom stereocenters. The van der Waals surface area contributed by atoms with Crippen LogP contribution in [0.2, 0.25) is 0 Å². The second kappa shape index (κ2) is 47.5. The number of quaternary nitrogens is 1. The number of nitrogens with zero attached hydrogens (tertiary/aromatic N) is 1. The van der Waals surface area contributed by atoms with E-state index in [2.05, 4.69) is 104 Å². The molecule has 0 aromatic heterocycles. The van der Waals surface area contributed by atoms with E-state index in [9.17, 15) is 19.4 Å². The minimum absolute atomic E-state index is 0.0478. The molecule has 0 rings (SSSR count). The molecular formula is C57H102N2O6P+. The Hall–Kier alpha value is -2.58. The zero-order valence-electron chi connectivity index (χ0n) is 43.1. The number of nitrogens with one attached hydrogen (secondary N) is 1. The van der Waals surface area contributed by atoms with Gasteiger partial charge in [-0.1, -0.05) is 214 Å². The largest absolute Gasteiger partial charge is 0.472 e. The monoisotopic (exact) mass is 942 g/mol. The fourth-order valence-electron chi connectivity index (χ4n) is 7.12. The van der Waals surface area contributed by atoms with Gasteiger partial charge in [0.15, 0.2) is 0 Å². The number of carbonyl (C=O) groups excluding carboxylic acids is 1. The number of phosphoric acid groups is 1. The van der Waals surface area contributed by atoms with Gasteiger partial charge in [-0.15, -0.1) is 0 Å². The third kappa shape index (κ3) is 49.3. The number of hydrogen-bond donors (Lipinski definition) is 3. The van der Waals surface area contributed by atoms with Crippen LogP contribution in [0.15, 0.2) is 97.2 Å². The Kier molecular flexibility index (Phi) is 45.6. The van der Waals surface area contributed by atoms with Crippen molar-refractivity contribution in [2.45, 2.75) is 219 Å². The Morgan fingerprint density at radius 1 is 0.530 bits per heavy atom. The standard InChI is InChI=1S/C57H101N2O6P/c1-6-8-10-12-14-16-18-20-22-24-26-27-28-29-30-31-33-35-37-39-41-43-45-47-49-51-57(61)58-55(54-65-66(62,63)64-53-52-59(3,4)5)56(60)50-48-46-44-42-40-38-36-34-32-25-23-21-19-17-15-13-11-9-7-2/h8,10,14,16,20,22,26-27,29-30,33,35,40,42,48,50,55-56,60H,6-7,9,11-13,15,17-19,21,23-25,28,31-32,34,36-39,41,43-47,49,51-54H2,1-5H3,(H-,58,61,62,63)/p+1/b10-8-,16-14-,22-20-,27-26-,30-29-,35-33-,42-40+,50-48+. The van der Waals surface area contributed by atoms with E-state index >= 15 is 0 Å². The average Bonchev–Trinajstić information content (AvgIpc) is 3.28. The Morgan fingerprint density at radius 3 is 1.39 bits per heavy atom. The van der Waals surface area contributed by atoms with E-state index in [1.165, 1.54) is 96.3 Å². The van der Waals surface area contributed by atoms with Gasteiger partial charge >= 0.3 is 7.82 Å². The lowest BCUT2D eigenvalue weighted by atomic mass is 10.0. The van der Waals surface area contributed by atoms with Gasteiger partial charge in [-0.3, -0.25) is 13.8 Å². The molecule has 0 fully saturated rings. The SMILES string of the molecule is CC/C=C\C/C=C\C/C=C\C/C=C\C/C=C\C/C=C\CCCCCCCCC(=O)NC(COP(=O)(O)OCC[N+](C)(C)C)C(O)/C=C/CC/C=C/CCCCCCCCCCCCCCC. The van der Waals surface area contributed by atoms with Crippen LogP contribution in [0.5, 0.6) is 0 Å². The zero-order chi connectivity index (χ0) is 48.5. The number of allylic oxidation sites excluding steroid dienone is 15. The van der Waals surface area contributed by atoms with Crippen molar-refractivity contribution in [3.05, 3.63) is 97.2 Å². The van der Waals surface area contributed by atoms with Gasteiger partial charge in [0.2, 0.25) is 5.91 Å². The van der Waals surface area contributed by atoms with Crippen LogP contribution in [-0.4, -0.2) is 73.4 Å². The van der Waals surface area contributed by atoms with Crippen molar-refractivity contribution in [2.75, 3.05) is 40.9 Å². The van der Waals surface area contributed by atoms with E-state index in [4.69, 9.17) is 9.05 Å². The van der Waals surface area contributed by atoms with Crippen LogP contribution in [0.3, 0.4) is 0 Å². The molecule has 0 aliphatic carbocycles. The van der Waals surface area contributed by atoms with Gasteiger partial charge in [0.1, 0.15) is 13.2 Å². The first-order valence-corrected chi connectivity index (χ1v) is 28.1. The number of hydrogen-bond acceptors (Lipinski definition) is 5. The fourth-order valence-corrected chi connectivity index (χ4v) is 7.85. The highest BCUT2D eigenvalue weighted by atomic mass is 31.2. The van der Waals surface area contributed by atoms with Crippen molar-refractivity contribution in [3.63, 3.8) is 0 Å². The third-order valence-electron chi connectivity index (χ3n) is 11.3. The molecule has 3 N–H and O–H groups in total. The first kappa shape index (κ1) is 63.4. The third-order valence-corrected chi connectivity index (χ3v) is 12.3. The van der Waals surface area contributed by atoms with Crippen LogP contribution in [0.4, 0.5) is 0 Å². The van der Waals surface area contributed by atoms with Gasteiger partial charge in [-0.25, -0.2) is 4.57 Å². The quantitative estimate of drug-likeness (QED) is 0.0243. The maximum Gasteiger partial charge on any atom is 0.472 e. The number of rotatable bonds is 47. The summed E-state index contributed by atoms with van der Waals surface area (Å²) in [7, 11) is 1.53. The average molecular weight is 942 g/mol. The highest BCUT2D eigenvalue weighted by molar-refractivity contribution is 7.47. The molecule has 0 saturated heterocycles. The second-order valence-corrected chi connectivity index (χ2v) is 20.3. The Labute approximate surface area is 407 Å². The number of phosphoric ester groups is 1. The smallest absolute Gasteiger partial charge is 0.387 e. The van der Waals surface area contributed by atoms with Gasteiger partial charge < -0.3 is 19.8 Å². The Balaban J connectivity index is 4.39. The predicted molar refractivity (Wildman–Crippen MR) is 286 cm³/mol. The lowest BCUT2D eigenvalue weighted by Gasteiger charge is -2.25. The molecule has 9 heteroatoms. The number of unbranched alkanes of at least 4 members (excludes halogenated alkanes) is 20. The van der Waals surface area contributed by atoms with E-state index in [0.717, 1.165) is 89.9 Å². The summed E-state index contributed by atoms with van der Waals surface area (Å²) in [5.41, 5.74) is 0. The van der Waals surface area contributed by atoms with Crippen molar-refractivity contribution >= 4 is 13.7 Å².